The lowest BCUT2D eigenvalue weighted by atomic mass is 10.3. The standard InChI is InChI=1S/C24H21N5O2/c1-4-13-28-19(5-2)27-22-20(24(28)30)21-23(26-18-12-7-6-11-17(18)25-21)29(22)15-9-8-10-16(14-15)31-3/h4,6-12,14H,1,5,13H2,2-3H3. The molecule has 0 bridgehead atoms. The van der Waals surface area contributed by atoms with Gasteiger partial charge in [-0.3, -0.25) is 13.9 Å². The molecule has 2 aromatic carbocycles. The van der Waals surface area contributed by atoms with Gasteiger partial charge in [-0.15, -0.1) is 6.58 Å². The minimum Gasteiger partial charge on any atom is -0.497 e. The van der Waals surface area contributed by atoms with E-state index in [1.807, 2.05) is 60.0 Å². The Morgan fingerprint density at radius 3 is 2.52 bits per heavy atom. The van der Waals surface area contributed by atoms with E-state index in [1.54, 1.807) is 17.8 Å². The molecule has 7 nitrogen and oxygen atoms in total. The predicted molar refractivity (Wildman–Crippen MR) is 122 cm³/mol. The molecule has 154 valence electrons. The molecule has 0 radical (unpaired) electrons. The van der Waals surface area contributed by atoms with Crippen molar-refractivity contribution in [2.45, 2.75) is 19.9 Å². The fourth-order valence-corrected chi connectivity index (χ4v) is 3.95. The number of nitrogens with zero attached hydrogens (tertiary/aromatic N) is 5. The van der Waals surface area contributed by atoms with Crippen molar-refractivity contribution in [1.82, 2.24) is 24.1 Å². The second-order valence-corrected chi connectivity index (χ2v) is 7.21. The average Bonchev–Trinajstić information content (AvgIpc) is 3.12. The summed E-state index contributed by atoms with van der Waals surface area (Å²) in [6.07, 6.45) is 2.32. The number of hydrogen-bond acceptors (Lipinski definition) is 5. The van der Waals surface area contributed by atoms with Gasteiger partial charge in [0, 0.05) is 19.0 Å². The number of para-hydroxylation sites is 2. The van der Waals surface area contributed by atoms with Crippen LogP contribution in [0.1, 0.15) is 12.7 Å². The monoisotopic (exact) mass is 411 g/mol. The number of aryl methyl sites for hydroxylation is 1. The molecule has 3 aromatic heterocycles. The first kappa shape index (κ1) is 19.0. The molecule has 0 N–H and O–H groups in total. The average molecular weight is 411 g/mol. The number of ether oxygens (including phenoxy) is 1. The number of allylic oxidation sites excluding steroid dienone is 1. The van der Waals surface area contributed by atoms with Crippen molar-refractivity contribution in [3.63, 3.8) is 0 Å². The molecule has 0 atom stereocenters. The highest BCUT2D eigenvalue weighted by molar-refractivity contribution is 6.05. The molecule has 3 heterocycles. The highest BCUT2D eigenvalue weighted by atomic mass is 16.5. The van der Waals surface area contributed by atoms with Crippen molar-refractivity contribution >= 4 is 33.2 Å². The molecular formula is C24H21N5O2. The molecule has 31 heavy (non-hydrogen) atoms. The maximum Gasteiger partial charge on any atom is 0.265 e. The normalized spacial score (nSPS) is 11.4. The summed E-state index contributed by atoms with van der Waals surface area (Å²) in [5, 5.41) is 0.454. The molecule has 0 amide bonds. The first-order chi connectivity index (χ1) is 15.2. The van der Waals surface area contributed by atoms with Gasteiger partial charge in [0.1, 0.15) is 22.5 Å². The minimum atomic E-state index is -0.141. The van der Waals surface area contributed by atoms with Crippen molar-refractivity contribution in [3.05, 3.63) is 77.4 Å². The fourth-order valence-electron chi connectivity index (χ4n) is 3.95. The van der Waals surface area contributed by atoms with Gasteiger partial charge >= 0.3 is 0 Å². The first-order valence-corrected chi connectivity index (χ1v) is 10.1. The molecule has 5 aromatic rings. The molecule has 0 aliphatic rings. The molecule has 5 rings (SSSR count). The summed E-state index contributed by atoms with van der Waals surface area (Å²) >= 11 is 0. The lowest BCUT2D eigenvalue weighted by Gasteiger charge is -2.11. The number of aromatic nitrogens is 5. The van der Waals surface area contributed by atoms with Crippen LogP contribution in [0.25, 0.3) is 38.9 Å². The maximum absolute atomic E-state index is 13.6. The summed E-state index contributed by atoms with van der Waals surface area (Å²) in [6.45, 7) is 6.16. The predicted octanol–water partition coefficient (Wildman–Crippen LogP) is 4.04. The van der Waals surface area contributed by atoms with Crippen LogP contribution in [0.2, 0.25) is 0 Å². The summed E-state index contributed by atoms with van der Waals surface area (Å²) < 4.78 is 8.97. The Morgan fingerprint density at radius 1 is 1.03 bits per heavy atom. The molecule has 0 saturated heterocycles. The Hall–Kier alpha value is -4.00. The first-order valence-electron chi connectivity index (χ1n) is 10.1. The lowest BCUT2D eigenvalue weighted by molar-refractivity contribution is 0.414. The quantitative estimate of drug-likeness (QED) is 0.408. The molecule has 0 aliphatic carbocycles. The van der Waals surface area contributed by atoms with Crippen LogP contribution in [0.3, 0.4) is 0 Å². The van der Waals surface area contributed by atoms with Gasteiger partial charge < -0.3 is 4.74 Å². The molecule has 7 heteroatoms. The van der Waals surface area contributed by atoms with E-state index in [0.717, 1.165) is 16.7 Å². The Bertz CT molecular complexity index is 1530. The summed E-state index contributed by atoms with van der Waals surface area (Å²) in [4.78, 5) is 28.2. The molecule has 0 saturated carbocycles. The summed E-state index contributed by atoms with van der Waals surface area (Å²) in [5.41, 5.74) is 3.82. The number of fused-ring (bicyclic) bond motifs is 4. The van der Waals surface area contributed by atoms with E-state index < -0.39 is 0 Å². The summed E-state index contributed by atoms with van der Waals surface area (Å²) in [6, 6.07) is 15.3. The van der Waals surface area contributed by atoms with Crippen molar-refractivity contribution in [2.24, 2.45) is 0 Å². The van der Waals surface area contributed by atoms with E-state index in [4.69, 9.17) is 19.7 Å². The van der Waals surface area contributed by atoms with E-state index in [0.29, 0.717) is 46.7 Å². The third-order valence-corrected chi connectivity index (χ3v) is 5.38. The van der Waals surface area contributed by atoms with Gasteiger partial charge in [-0.1, -0.05) is 31.2 Å². The molecule has 0 unspecified atom stereocenters. The SMILES string of the molecule is C=CCn1c(CC)nc2c(c1=O)c1nc3ccccc3nc1n2-c1cccc(OC)c1. The zero-order valence-electron chi connectivity index (χ0n) is 17.4. The summed E-state index contributed by atoms with van der Waals surface area (Å²) in [7, 11) is 1.62. The van der Waals surface area contributed by atoms with Crippen LogP contribution in [0, 0.1) is 0 Å². The van der Waals surface area contributed by atoms with Gasteiger partial charge in [0.15, 0.2) is 11.3 Å². The zero-order chi connectivity index (χ0) is 21.5. The number of benzene rings is 2. The second kappa shape index (κ2) is 7.36. The second-order valence-electron chi connectivity index (χ2n) is 7.21. The van der Waals surface area contributed by atoms with Crippen molar-refractivity contribution in [3.8, 4) is 11.4 Å². The third-order valence-electron chi connectivity index (χ3n) is 5.38. The Labute approximate surface area is 178 Å². The van der Waals surface area contributed by atoms with Crippen LogP contribution in [-0.2, 0) is 13.0 Å². The highest BCUT2D eigenvalue weighted by Crippen LogP contribution is 2.30. The molecule has 0 aliphatic heterocycles. The Kier molecular flexibility index (Phi) is 4.51. The molecular weight excluding hydrogens is 390 g/mol. The Morgan fingerprint density at radius 2 is 1.81 bits per heavy atom. The third kappa shape index (κ3) is 2.89. The lowest BCUT2D eigenvalue weighted by Crippen LogP contribution is -2.24. The van der Waals surface area contributed by atoms with Gasteiger partial charge in [0.2, 0.25) is 0 Å². The van der Waals surface area contributed by atoms with Gasteiger partial charge in [0.05, 0.1) is 23.8 Å². The van der Waals surface area contributed by atoms with E-state index in [1.165, 1.54) is 0 Å². The van der Waals surface area contributed by atoms with Crippen molar-refractivity contribution in [1.29, 1.82) is 0 Å². The number of methoxy groups -OCH3 is 1. The van der Waals surface area contributed by atoms with Crippen LogP contribution in [-0.4, -0.2) is 31.2 Å². The van der Waals surface area contributed by atoms with Crippen LogP contribution < -0.4 is 10.3 Å². The maximum atomic E-state index is 13.6. The van der Waals surface area contributed by atoms with Crippen LogP contribution in [0.5, 0.6) is 5.75 Å². The number of hydrogen-bond donors (Lipinski definition) is 0. The van der Waals surface area contributed by atoms with Crippen LogP contribution in [0.4, 0.5) is 0 Å². The van der Waals surface area contributed by atoms with Crippen molar-refractivity contribution in [2.75, 3.05) is 7.11 Å². The topological polar surface area (TPSA) is 74.8 Å². The minimum absolute atomic E-state index is 0.141. The van der Waals surface area contributed by atoms with Crippen molar-refractivity contribution < 1.29 is 4.74 Å². The fraction of sp³-hybridized carbons (Fsp3) is 0.167. The van der Waals surface area contributed by atoms with Crippen LogP contribution >= 0.6 is 0 Å². The number of rotatable bonds is 5. The van der Waals surface area contributed by atoms with E-state index in [2.05, 4.69) is 6.58 Å². The van der Waals surface area contributed by atoms with Gasteiger partial charge in [-0.05, 0) is 24.3 Å². The molecule has 0 fully saturated rings. The van der Waals surface area contributed by atoms with Gasteiger partial charge in [-0.2, -0.15) is 0 Å². The Balaban J connectivity index is 2.02. The van der Waals surface area contributed by atoms with Gasteiger partial charge in [0.25, 0.3) is 5.56 Å². The van der Waals surface area contributed by atoms with E-state index in [9.17, 15) is 4.79 Å². The summed E-state index contributed by atoms with van der Waals surface area (Å²) in [5.74, 6) is 1.39. The van der Waals surface area contributed by atoms with Crippen LogP contribution in [0.15, 0.2) is 66.0 Å². The smallest absolute Gasteiger partial charge is 0.265 e. The van der Waals surface area contributed by atoms with Gasteiger partial charge in [-0.25, -0.2) is 15.0 Å². The largest absolute Gasteiger partial charge is 0.497 e. The molecule has 0 spiro atoms. The zero-order valence-corrected chi connectivity index (χ0v) is 17.4. The van der Waals surface area contributed by atoms with E-state index in [-0.39, 0.29) is 5.56 Å². The van der Waals surface area contributed by atoms with E-state index >= 15 is 0 Å². The highest BCUT2D eigenvalue weighted by Gasteiger charge is 2.22.